The van der Waals surface area contributed by atoms with Crippen molar-refractivity contribution < 1.29 is 4.79 Å². The third kappa shape index (κ3) is 3.93. The second-order valence-electron chi connectivity index (χ2n) is 6.72. The molecule has 25 heavy (non-hydrogen) atoms. The maximum Gasteiger partial charge on any atom is 0.227 e. The van der Waals surface area contributed by atoms with Crippen LogP contribution in [0.3, 0.4) is 0 Å². The highest BCUT2D eigenvalue weighted by Crippen LogP contribution is 2.38. The van der Waals surface area contributed by atoms with Gasteiger partial charge in [0.1, 0.15) is 11.6 Å². The van der Waals surface area contributed by atoms with Crippen molar-refractivity contribution >= 4 is 23.3 Å². The quantitative estimate of drug-likeness (QED) is 0.845. The molecule has 0 N–H and O–H groups in total. The maximum atomic E-state index is 12.5. The molecule has 6 heteroatoms. The molecule has 0 unspecified atom stereocenters. The highest BCUT2D eigenvalue weighted by Gasteiger charge is 2.28. The summed E-state index contributed by atoms with van der Waals surface area (Å²) in [7, 11) is 0. The summed E-state index contributed by atoms with van der Waals surface area (Å²) in [6.07, 6.45) is 4.69. The monoisotopic (exact) mass is 356 g/mol. The lowest BCUT2D eigenvalue weighted by atomic mass is 10.1. The Hall–Kier alpha value is -2.14. The van der Waals surface area contributed by atoms with Crippen LogP contribution in [0.15, 0.2) is 36.5 Å². The Morgan fingerprint density at radius 1 is 1.08 bits per heavy atom. The van der Waals surface area contributed by atoms with Gasteiger partial charge in [-0.2, -0.15) is 0 Å². The van der Waals surface area contributed by atoms with Gasteiger partial charge in [-0.15, -0.1) is 0 Å². The van der Waals surface area contributed by atoms with E-state index in [0.29, 0.717) is 17.4 Å². The van der Waals surface area contributed by atoms with Gasteiger partial charge < -0.3 is 9.80 Å². The average molecular weight is 357 g/mol. The van der Waals surface area contributed by atoms with Crippen LogP contribution in [-0.4, -0.2) is 47.0 Å². The van der Waals surface area contributed by atoms with E-state index < -0.39 is 0 Å². The molecule has 4 rings (SSSR count). The van der Waals surface area contributed by atoms with Crippen LogP contribution in [0.5, 0.6) is 0 Å². The molecule has 1 saturated carbocycles. The summed E-state index contributed by atoms with van der Waals surface area (Å²) in [5.41, 5.74) is 1.00. The molecule has 1 aromatic carbocycles. The fourth-order valence-electron chi connectivity index (χ4n) is 3.15. The van der Waals surface area contributed by atoms with Crippen LogP contribution in [-0.2, 0) is 11.2 Å². The van der Waals surface area contributed by atoms with Crippen LogP contribution in [0.1, 0.15) is 30.1 Å². The van der Waals surface area contributed by atoms with Crippen molar-refractivity contribution in [2.75, 3.05) is 31.1 Å². The molecule has 2 heterocycles. The van der Waals surface area contributed by atoms with E-state index in [1.165, 1.54) is 12.8 Å². The second-order valence-corrected chi connectivity index (χ2v) is 7.15. The standard InChI is InChI=1S/C19H21ClN4O/c20-16-5-1-14(2-6-16)13-18(25)24-11-9-23(10-12-24)17-7-8-21-19(22-17)15-3-4-15/h1-2,5-8,15H,3-4,9-13H2. The molecule has 0 spiro atoms. The predicted octanol–water partition coefficient (Wildman–Crippen LogP) is 2.90. The number of aromatic nitrogens is 2. The Balaban J connectivity index is 1.33. The van der Waals surface area contributed by atoms with Gasteiger partial charge in [0, 0.05) is 43.3 Å². The Morgan fingerprint density at radius 3 is 2.48 bits per heavy atom. The summed E-state index contributed by atoms with van der Waals surface area (Å²) in [5.74, 6) is 2.69. The van der Waals surface area contributed by atoms with E-state index in [2.05, 4.69) is 9.88 Å². The van der Waals surface area contributed by atoms with Gasteiger partial charge in [0.25, 0.3) is 0 Å². The molecule has 0 bridgehead atoms. The zero-order chi connectivity index (χ0) is 17.2. The number of hydrogen-bond acceptors (Lipinski definition) is 4. The Labute approximate surface area is 152 Å². The number of anilines is 1. The van der Waals surface area contributed by atoms with Gasteiger partial charge in [0.2, 0.25) is 5.91 Å². The van der Waals surface area contributed by atoms with Crippen molar-refractivity contribution in [1.29, 1.82) is 0 Å². The van der Waals surface area contributed by atoms with Crippen molar-refractivity contribution in [3.8, 4) is 0 Å². The molecule has 1 saturated heterocycles. The van der Waals surface area contributed by atoms with Gasteiger partial charge in [-0.3, -0.25) is 4.79 Å². The molecule has 5 nitrogen and oxygen atoms in total. The van der Waals surface area contributed by atoms with Gasteiger partial charge in [-0.05, 0) is 36.6 Å². The predicted molar refractivity (Wildman–Crippen MR) is 98.0 cm³/mol. The van der Waals surface area contributed by atoms with Crippen molar-refractivity contribution in [2.45, 2.75) is 25.2 Å². The molecule has 1 amide bonds. The third-order valence-electron chi connectivity index (χ3n) is 4.83. The lowest BCUT2D eigenvalue weighted by molar-refractivity contribution is -0.130. The van der Waals surface area contributed by atoms with Crippen LogP contribution in [0.4, 0.5) is 5.82 Å². The molecule has 2 aliphatic rings. The van der Waals surface area contributed by atoms with Crippen molar-refractivity contribution in [2.24, 2.45) is 0 Å². The number of halogens is 1. The number of carbonyl (C=O) groups is 1. The maximum absolute atomic E-state index is 12.5. The van der Waals surface area contributed by atoms with E-state index in [9.17, 15) is 4.79 Å². The van der Waals surface area contributed by atoms with Crippen molar-refractivity contribution in [3.63, 3.8) is 0 Å². The van der Waals surface area contributed by atoms with Gasteiger partial charge in [0.05, 0.1) is 6.42 Å². The summed E-state index contributed by atoms with van der Waals surface area (Å²) >= 11 is 5.89. The van der Waals surface area contributed by atoms with E-state index in [1.807, 2.05) is 41.4 Å². The van der Waals surface area contributed by atoms with Crippen molar-refractivity contribution in [3.05, 3.63) is 52.9 Å². The first kappa shape index (κ1) is 16.3. The summed E-state index contributed by atoms with van der Waals surface area (Å²) in [6.45, 7) is 3.09. The molecule has 0 atom stereocenters. The van der Waals surface area contributed by atoms with E-state index >= 15 is 0 Å². The first-order valence-corrected chi connectivity index (χ1v) is 9.17. The fourth-order valence-corrected chi connectivity index (χ4v) is 3.28. The fraction of sp³-hybridized carbons (Fsp3) is 0.421. The molecular weight excluding hydrogens is 336 g/mol. The first-order valence-electron chi connectivity index (χ1n) is 8.79. The Morgan fingerprint density at radius 2 is 1.80 bits per heavy atom. The summed E-state index contributed by atoms with van der Waals surface area (Å²) in [4.78, 5) is 25.8. The van der Waals surface area contributed by atoms with Crippen LogP contribution in [0.2, 0.25) is 5.02 Å². The van der Waals surface area contributed by atoms with Crippen LogP contribution >= 0.6 is 11.6 Å². The SMILES string of the molecule is O=C(Cc1ccc(Cl)cc1)N1CCN(c2ccnc(C3CC3)n2)CC1. The normalized spacial score (nSPS) is 17.6. The molecule has 1 aromatic heterocycles. The topological polar surface area (TPSA) is 49.3 Å². The number of nitrogens with zero attached hydrogens (tertiary/aromatic N) is 4. The highest BCUT2D eigenvalue weighted by molar-refractivity contribution is 6.30. The zero-order valence-electron chi connectivity index (χ0n) is 14.1. The van der Waals surface area contributed by atoms with E-state index in [1.54, 1.807) is 0 Å². The smallest absolute Gasteiger partial charge is 0.227 e. The van der Waals surface area contributed by atoms with E-state index in [-0.39, 0.29) is 5.91 Å². The molecule has 1 aliphatic carbocycles. The molecule has 130 valence electrons. The minimum atomic E-state index is 0.170. The minimum Gasteiger partial charge on any atom is -0.353 e. The number of rotatable bonds is 4. The van der Waals surface area contributed by atoms with Crippen molar-refractivity contribution in [1.82, 2.24) is 14.9 Å². The van der Waals surface area contributed by atoms with Crippen LogP contribution in [0.25, 0.3) is 0 Å². The van der Waals surface area contributed by atoms with E-state index in [0.717, 1.165) is 43.4 Å². The lowest BCUT2D eigenvalue weighted by Gasteiger charge is -2.35. The lowest BCUT2D eigenvalue weighted by Crippen LogP contribution is -2.49. The molecule has 2 aromatic rings. The summed E-state index contributed by atoms with van der Waals surface area (Å²) in [5, 5.41) is 0.695. The van der Waals surface area contributed by atoms with Gasteiger partial charge in [-0.25, -0.2) is 9.97 Å². The minimum absolute atomic E-state index is 0.170. The van der Waals surface area contributed by atoms with Gasteiger partial charge >= 0.3 is 0 Å². The van der Waals surface area contributed by atoms with E-state index in [4.69, 9.17) is 16.6 Å². The van der Waals surface area contributed by atoms with Gasteiger partial charge in [-0.1, -0.05) is 23.7 Å². The third-order valence-corrected chi connectivity index (χ3v) is 5.08. The number of amides is 1. The Kier molecular flexibility index (Phi) is 4.57. The number of carbonyl (C=O) groups excluding carboxylic acids is 1. The number of piperazine rings is 1. The van der Waals surface area contributed by atoms with Crippen LogP contribution in [0, 0.1) is 0 Å². The van der Waals surface area contributed by atoms with Gasteiger partial charge in [0.15, 0.2) is 0 Å². The second kappa shape index (κ2) is 7.00. The first-order chi connectivity index (χ1) is 12.2. The summed E-state index contributed by atoms with van der Waals surface area (Å²) in [6, 6.07) is 9.45. The highest BCUT2D eigenvalue weighted by atomic mass is 35.5. The van der Waals surface area contributed by atoms with Crippen LogP contribution < -0.4 is 4.90 Å². The Bertz CT molecular complexity index is 752. The number of benzene rings is 1. The average Bonchev–Trinajstić information content (AvgIpc) is 3.49. The molecular formula is C19H21ClN4O. The molecule has 0 radical (unpaired) electrons. The molecule has 2 fully saturated rings. The molecule has 1 aliphatic heterocycles. The largest absolute Gasteiger partial charge is 0.353 e. The zero-order valence-corrected chi connectivity index (χ0v) is 14.8. The summed E-state index contributed by atoms with van der Waals surface area (Å²) < 4.78 is 0. The number of hydrogen-bond donors (Lipinski definition) is 0.